The minimum atomic E-state index is -4.12. The molecule has 3 unspecified atom stereocenters. The summed E-state index contributed by atoms with van der Waals surface area (Å²) in [6, 6.07) is 0. The number of halogens is 1. The third-order valence-corrected chi connectivity index (χ3v) is 6.67. The monoisotopic (exact) mass is 516 g/mol. The maximum absolute atomic E-state index is 11.8. The van der Waals surface area contributed by atoms with Crippen molar-refractivity contribution in [3.05, 3.63) is 0 Å². The summed E-state index contributed by atoms with van der Waals surface area (Å²) >= 11 is 6.08. The Bertz CT molecular complexity index is 492. The second-order valence-corrected chi connectivity index (χ2v) is 12.1. The van der Waals surface area contributed by atoms with Gasteiger partial charge in [-0.25, -0.2) is 4.57 Å². The molecular weight excluding hydrogens is 465 g/mol. The van der Waals surface area contributed by atoms with Crippen molar-refractivity contribution in [2.24, 2.45) is 0 Å². The summed E-state index contributed by atoms with van der Waals surface area (Å²) in [4.78, 5) is 9.68. The highest BCUT2D eigenvalue weighted by Crippen LogP contribution is 2.43. The Labute approximate surface area is 208 Å². The number of rotatable bonds is 24. The molecule has 0 saturated heterocycles. The van der Waals surface area contributed by atoms with Gasteiger partial charge in [-0.3, -0.25) is 9.05 Å². The van der Waals surface area contributed by atoms with Crippen LogP contribution in [0.5, 0.6) is 0 Å². The Morgan fingerprint density at radius 1 is 0.818 bits per heavy atom. The molecule has 0 saturated carbocycles. The highest BCUT2D eigenvalue weighted by atomic mass is 35.5. The maximum atomic E-state index is 11.8. The molecule has 0 spiro atoms. The molecule has 0 heterocycles. The van der Waals surface area contributed by atoms with E-state index in [0.29, 0.717) is 17.4 Å². The summed E-state index contributed by atoms with van der Waals surface area (Å²) < 4.78 is 27.8. The van der Waals surface area contributed by atoms with E-state index in [1.807, 2.05) is 21.1 Å². The van der Waals surface area contributed by atoms with Crippen LogP contribution < -0.4 is 0 Å². The van der Waals surface area contributed by atoms with Crippen LogP contribution in [0, 0.1) is 0 Å². The summed E-state index contributed by atoms with van der Waals surface area (Å²) in [6.45, 7) is 3.14. The Hall–Kier alpha value is 0.280. The number of hydrogen-bond donors (Lipinski definition) is 2. The molecule has 33 heavy (non-hydrogen) atoms. The van der Waals surface area contributed by atoms with Gasteiger partial charge in [-0.15, -0.1) is 11.6 Å². The minimum absolute atomic E-state index is 0.117. The lowest BCUT2D eigenvalue weighted by Gasteiger charge is -2.24. The van der Waals surface area contributed by atoms with Gasteiger partial charge in [-0.2, -0.15) is 0 Å². The van der Waals surface area contributed by atoms with Crippen molar-refractivity contribution in [1.29, 1.82) is 0 Å². The number of aliphatic hydroxyl groups is 1. The lowest BCUT2D eigenvalue weighted by Crippen LogP contribution is -2.37. The van der Waals surface area contributed by atoms with Crippen molar-refractivity contribution < 1.29 is 32.8 Å². The Kier molecular flexibility index (Phi) is 20.6. The number of ether oxygens (including phenoxy) is 1. The summed E-state index contributed by atoms with van der Waals surface area (Å²) in [5, 5.41) is 9.45. The van der Waals surface area contributed by atoms with Crippen molar-refractivity contribution in [3.63, 3.8) is 0 Å². The SMILES string of the molecule is CCCCCCCCCCCCCCC(O)COCC(Cl)COP(=O)(O)OCC[N+](C)(C)C. The molecule has 0 aliphatic rings. The van der Waals surface area contributed by atoms with Gasteiger partial charge in [0, 0.05) is 0 Å². The third-order valence-electron chi connectivity index (χ3n) is 5.43. The standard InChI is InChI=1S/C24H51ClNO6P/c1-5-6-7-8-9-10-11-12-13-14-15-16-17-24(27)22-30-20-23(25)21-32-33(28,29)31-19-18-26(2,3)4/h23-24,27H,5-22H2,1-4H3/p+1. The van der Waals surface area contributed by atoms with Crippen molar-refractivity contribution in [3.8, 4) is 0 Å². The third kappa shape index (κ3) is 25.2. The van der Waals surface area contributed by atoms with E-state index in [0.717, 1.165) is 12.8 Å². The summed E-state index contributed by atoms with van der Waals surface area (Å²) in [5.41, 5.74) is 0. The minimum Gasteiger partial charge on any atom is -0.391 e. The number of phosphoric ester groups is 1. The summed E-state index contributed by atoms with van der Waals surface area (Å²) in [6.07, 6.45) is 15.7. The first-order valence-corrected chi connectivity index (χ1v) is 14.8. The molecule has 3 atom stereocenters. The molecule has 0 aliphatic carbocycles. The van der Waals surface area contributed by atoms with E-state index in [4.69, 9.17) is 25.4 Å². The van der Waals surface area contributed by atoms with Gasteiger partial charge < -0.3 is 19.2 Å². The molecule has 0 bridgehead atoms. The van der Waals surface area contributed by atoms with Crippen LogP contribution in [0.15, 0.2) is 0 Å². The highest BCUT2D eigenvalue weighted by molar-refractivity contribution is 7.47. The second-order valence-electron chi connectivity index (χ2n) is 10.1. The van der Waals surface area contributed by atoms with Crippen LogP contribution in [-0.4, -0.2) is 80.1 Å². The molecular formula is C24H52ClNO6P+. The number of likely N-dealkylation sites (N-methyl/N-ethyl adjacent to an activating group) is 1. The van der Waals surface area contributed by atoms with Crippen LogP contribution in [0.1, 0.15) is 90.4 Å². The van der Waals surface area contributed by atoms with Crippen molar-refractivity contribution in [2.45, 2.75) is 102 Å². The molecule has 0 aromatic heterocycles. The molecule has 200 valence electrons. The van der Waals surface area contributed by atoms with E-state index in [1.165, 1.54) is 64.2 Å². The van der Waals surface area contributed by atoms with Gasteiger partial charge in [0.15, 0.2) is 0 Å². The number of hydrogen-bond acceptors (Lipinski definition) is 5. The lowest BCUT2D eigenvalue weighted by atomic mass is 10.0. The number of alkyl halides is 1. The average Bonchev–Trinajstić information content (AvgIpc) is 2.72. The van der Waals surface area contributed by atoms with Crippen LogP contribution in [0.4, 0.5) is 0 Å². The van der Waals surface area contributed by atoms with Crippen LogP contribution in [0.3, 0.4) is 0 Å². The molecule has 0 amide bonds. The van der Waals surface area contributed by atoms with Gasteiger partial charge in [0.1, 0.15) is 13.2 Å². The smallest absolute Gasteiger partial charge is 0.391 e. The molecule has 0 aromatic rings. The Morgan fingerprint density at radius 3 is 1.85 bits per heavy atom. The summed E-state index contributed by atoms with van der Waals surface area (Å²) in [5.74, 6) is 0. The molecule has 0 aliphatic heterocycles. The molecule has 0 rings (SSSR count). The predicted molar refractivity (Wildman–Crippen MR) is 137 cm³/mol. The molecule has 0 fully saturated rings. The van der Waals surface area contributed by atoms with Crippen molar-refractivity contribution in [1.82, 2.24) is 0 Å². The van der Waals surface area contributed by atoms with E-state index >= 15 is 0 Å². The normalized spacial score (nSPS) is 16.0. The lowest BCUT2D eigenvalue weighted by molar-refractivity contribution is -0.870. The van der Waals surface area contributed by atoms with Gasteiger partial charge in [-0.1, -0.05) is 84.0 Å². The van der Waals surface area contributed by atoms with Gasteiger partial charge in [-0.05, 0) is 6.42 Å². The van der Waals surface area contributed by atoms with Crippen LogP contribution in [-0.2, 0) is 18.3 Å². The van der Waals surface area contributed by atoms with E-state index in [1.54, 1.807) is 0 Å². The molecule has 0 radical (unpaired) electrons. The highest BCUT2D eigenvalue weighted by Gasteiger charge is 2.24. The quantitative estimate of drug-likeness (QED) is 0.0718. The van der Waals surface area contributed by atoms with Crippen LogP contribution in [0.25, 0.3) is 0 Å². The Morgan fingerprint density at radius 2 is 1.33 bits per heavy atom. The zero-order valence-electron chi connectivity index (χ0n) is 21.7. The zero-order chi connectivity index (χ0) is 25.0. The number of phosphoric acid groups is 1. The first-order chi connectivity index (χ1) is 15.6. The van der Waals surface area contributed by atoms with Gasteiger partial charge in [0.25, 0.3) is 0 Å². The number of nitrogens with zero attached hydrogens (tertiary/aromatic N) is 1. The largest absolute Gasteiger partial charge is 0.472 e. The first-order valence-electron chi connectivity index (χ1n) is 12.9. The maximum Gasteiger partial charge on any atom is 0.472 e. The van der Waals surface area contributed by atoms with Gasteiger partial charge in [0.05, 0.1) is 52.4 Å². The second kappa shape index (κ2) is 20.5. The fraction of sp³-hybridized carbons (Fsp3) is 1.00. The predicted octanol–water partition coefficient (Wildman–Crippen LogP) is 5.90. The summed E-state index contributed by atoms with van der Waals surface area (Å²) in [7, 11) is 1.77. The van der Waals surface area contributed by atoms with Crippen LogP contribution in [0.2, 0.25) is 0 Å². The van der Waals surface area contributed by atoms with E-state index in [-0.39, 0.29) is 26.4 Å². The van der Waals surface area contributed by atoms with Crippen molar-refractivity contribution >= 4 is 19.4 Å². The number of quaternary nitrogens is 1. The Balaban J connectivity index is 3.56. The molecule has 0 aromatic carbocycles. The molecule has 2 N–H and O–H groups in total. The molecule has 9 heteroatoms. The van der Waals surface area contributed by atoms with Gasteiger partial charge in [0.2, 0.25) is 0 Å². The van der Waals surface area contributed by atoms with E-state index in [9.17, 15) is 14.6 Å². The topological polar surface area (TPSA) is 85.2 Å². The number of unbranched alkanes of at least 4 members (excludes halogenated alkanes) is 11. The number of aliphatic hydroxyl groups excluding tert-OH is 1. The fourth-order valence-corrected chi connectivity index (χ4v) is 4.32. The molecule has 7 nitrogen and oxygen atoms in total. The van der Waals surface area contributed by atoms with E-state index < -0.39 is 19.3 Å². The van der Waals surface area contributed by atoms with E-state index in [2.05, 4.69) is 6.92 Å². The van der Waals surface area contributed by atoms with Gasteiger partial charge >= 0.3 is 7.82 Å². The zero-order valence-corrected chi connectivity index (χ0v) is 23.3. The van der Waals surface area contributed by atoms with Crippen molar-refractivity contribution in [2.75, 3.05) is 54.1 Å². The van der Waals surface area contributed by atoms with Crippen LogP contribution >= 0.6 is 19.4 Å². The fourth-order valence-electron chi connectivity index (χ4n) is 3.33. The first kappa shape index (κ1) is 33.3. The average molecular weight is 517 g/mol.